The molecular formula is C12H15N3O3. The molecule has 2 aromatic rings. The SMILES string of the molecule is CCOC(=O)CNc1cccc2[nH]c(=O)n(C)c12. The summed E-state index contributed by atoms with van der Waals surface area (Å²) in [5.74, 6) is -0.324. The van der Waals surface area contributed by atoms with Gasteiger partial charge in [0.25, 0.3) is 0 Å². The van der Waals surface area contributed by atoms with E-state index in [-0.39, 0.29) is 18.2 Å². The number of imidazole rings is 1. The van der Waals surface area contributed by atoms with E-state index in [1.54, 1.807) is 14.0 Å². The average molecular weight is 249 g/mol. The first-order chi connectivity index (χ1) is 8.63. The fourth-order valence-electron chi connectivity index (χ4n) is 1.83. The summed E-state index contributed by atoms with van der Waals surface area (Å²) in [7, 11) is 1.68. The summed E-state index contributed by atoms with van der Waals surface area (Å²) in [4.78, 5) is 25.5. The number of hydrogen-bond donors (Lipinski definition) is 2. The Morgan fingerprint density at radius 2 is 2.28 bits per heavy atom. The lowest BCUT2D eigenvalue weighted by atomic mass is 10.2. The minimum atomic E-state index is -0.324. The van der Waals surface area contributed by atoms with Crippen molar-refractivity contribution in [3.05, 3.63) is 28.7 Å². The molecular weight excluding hydrogens is 234 g/mol. The summed E-state index contributed by atoms with van der Waals surface area (Å²) in [6.07, 6.45) is 0. The number of H-pyrrole nitrogens is 1. The first-order valence-corrected chi connectivity index (χ1v) is 5.70. The maximum atomic E-state index is 11.5. The molecule has 1 heterocycles. The number of ether oxygens (including phenoxy) is 1. The Bertz CT molecular complexity index is 627. The van der Waals surface area contributed by atoms with Gasteiger partial charge in [-0.1, -0.05) is 6.07 Å². The van der Waals surface area contributed by atoms with Crippen LogP contribution in [-0.2, 0) is 16.6 Å². The molecule has 18 heavy (non-hydrogen) atoms. The summed E-state index contributed by atoms with van der Waals surface area (Å²) in [5.41, 5.74) is 2.01. The maximum Gasteiger partial charge on any atom is 0.326 e. The summed E-state index contributed by atoms with van der Waals surface area (Å²) in [5, 5.41) is 2.97. The van der Waals surface area contributed by atoms with Crippen LogP contribution in [0.5, 0.6) is 0 Å². The number of rotatable bonds is 4. The minimum Gasteiger partial charge on any atom is -0.465 e. The molecule has 0 saturated carbocycles. The van der Waals surface area contributed by atoms with E-state index in [1.165, 1.54) is 4.57 Å². The first kappa shape index (κ1) is 12.2. The largest absolute Gasteiger partial charge is 0.465 e. The number of anilines is 1. The molecule has 6 heteroatoms. The van der Waals surface area contributed by atoms with Gasteiger partial charge in [0.05, 0.1) is 23.3 Å². The third-order valence-corrected chi connectivity index (χ3v) is 2.65. The summed E-state index contributed by atoms with van der Waals surface area (Å²) < 4.78 is 6.34. The lowest BCUT2D eigenvalue weighted by molar-refractivity contribution is -0.140. The number of carbonyl (C=O) groups is 1. The minimum absolute atomic E-state index is 0.0757. The molecule has 0 saturated heterocycles. The number of carbonyl (C=O) groups excluding carboxylic acids is 1. The van der Waals surface area contributed by atoms with Crippen molar-refractivity contribution in [2.45, 2.75) is 6.92 Å². The number of fused-ring (bicyclic) bond motifs is 1. The van der Waals surface area contributed by atoms with Gasteiger partial charge in [0.1, 0.15) is 6.54 Å². The molecule has 96 valence electrons. The Morgan fingerprint density at radius 1 is 1.50 bits per heavy atom. The fraction of sp³-hybridized carbons (Fsp3) is 0.333. The van der Waals surface area contributed by atoms with E-state index in [1.807, 2.05) is 18.2 Å². The van der Waals surface area contributed by atoms with Crippen molar-refractivity contribution in [1.29, 1.82) is 0 Å². The second-order valence-electron chi connectivity index (χ2n) is 3.85. The topological polar surface area (TPSA) is 76.1 Å². The Hall–Kier alpha value is -2.24. The Morgan fingerprint density at radius 3 is 3.00 bits per heavy atom. The third kappa shape index (κ3) is 2.22. The number of aromatic amines is 1. The van der Waals surface area contributed by atoms with Gasteiger partial charge in [0.2, 0.25) is 0 Å². The van der Waals surface area contributed by atoms with Crippen molar-refractivity contribution in [2.24, 2.45) is 7.05 Å². The van der Waals surface area contributed by atoms with Gasteiger partial charge in [-0.25, -0.2) is 4.79 Å². The highest BCUT2D eigenvalue weighted by Crippen LogP contribution is 2.19. The zero-order valence-electron chi connectivity index (χ0n) is 10.3. The predicted molar refractivity (Wildman–Crippen MR) is 68.7 cm³/mol. The number of benzene rings is 1. The standard InChI is InChI=1S/C12H15N3O3/c1-3-18-10(16)7-13-8-5-4-6-9-11(8)15(2)12(17)14-9/h4-6,13H,3,7H2,1-2H3,(H,14,17). The van der Waals surface area contributed by atoms with Crippen LogP contribution in [0.15, 0.2) is 23.0 Å². The molecule has 0 unspecified atom stereocenters. The van der Waals surface area contributed by atoms with Gasteiger partial charge in [-0.15, -0.1) is 0 Å². The van der Waals surface area contributed by atoms with Crippen LogP contribution in [0, 0.1) is 0 Å². The third-order valence-electron chi connectivity index (χ3n) is 2.65. The first-order valence-electron chi connectivity index (χ1n) is 5.70. The van der Waals surface area contributed by atoms with Gasteiger partial charge in [0.15, 0.2) is 0 Å². The van der Waals surface area contributed by atoms with Crippen LogP contribution in [0.3, 0.4) is 0 Å². The number of nitrogens with one attached hydrogen (secondary N) is 2. The van der Waals surface area contributed by atoms with Crippen molar-refractivity contribution >= 4 is 22.7 Å². The molecule has 0 aliphatic carbocycles. The van der Waals surface area contributed by atoms with Crippen LogP contribution in [-0.4, -0.2) is 28.7 Å². The number of aryl methyl sites for hydroxylation is 1. The number of para-hydroxylation sites is 1. The van der Waals surface area contributed by atoms with Gasteiger partial charge in [-0.3, -0.25) is 9.36 Å². The highest BCUT2D eigenvalue weighted by Gasteiger charge is 2.09. The van der Waals surface area contributed by atoms with Crippen LogP contribution >= 0.6 is 0 Å². The molecule has 0 fully saturated rings. The van der Waals surface area contributed by atoms with E-state index < -0.39 is 0 Å². The monoisotopic (exact) mass is 249 g/mol. The van der Waals surface area contributed by atoms with Crippen molar-refractivity contribution in [1.82, 2.24) is 9.55 Å². The van der Waals surface area contributed by atoms with Gasteiger partial charge in [-0.05, 0) is 19.1 Å². The van der Waals surface area contributed by atoms with Crippen LogP contribution < -0.4 is 11.0 Å². The molecule has 0 amide bonds. The van der Waals surface area contributed by atoms with E-state index in [0.717, 1.165) is 16.7 Å². The quantitative estimate of drug-likeness (QED) is 0.787. The second kappa shape index (κ2) is 4.95. The fourth-order valence-corrected chi connectivity index (χ4v) is 1.83. The lowest BCUT2D eigenvalue weighted by Crippen LogP contribution is -2.17. The lowest BCUT2D eigenvalue weighted by Gasteiger charge is -2.08. The van der Waals surface area contributed by atoms with E-state index in [2.05, 4.69) is 10.3 Å². The highest BCUT2D eigenvalue weighted by atomic mass is 16.5. The summed E-state index contributed by atoms with van der Waals surface area (Å²) in [6, 6.07) is 5.44. The van der Waals surface area contributed by atoms with Crippen molar-refractivity contribution in [3.8, 4) is 0 Å². The predicted octanol–water partition coefficient (Wildman–Crippen LogP) is 0.842. The van der Waals surface area contributed by atoms with Crippen molar-refractivity contribution in [3.63, 3.8) is 0 Å². The van der Waals surface area contributed by atoms with Crippen molar-refractivity contribution < 1.29 is 9.53 Å². The average Bonchev–Trinajstić information content (AvgIpc) is 2.64. The summed E-state index contributed by atoms with van der Waals surface area (Å²) in [6.45, 7) is 2.19. The Balaban J connectivity index is 2.28. The smallest absolute Gasteiger partial charge is 0.326 e. The van der Waals surface area contributed by atoms with Crippen LogP contribution in [0.25, 0.3) is 11.0 Å². The molecule has 6 nitrogen and oxygen atoms in total. The van der Waals surface area contributed by atoms with Gasteiger partial charge < -0.3 is 15.0 Å². The zero-order valence-corrected chi connectivity index (χ0v) is 10.3. The molecule has 1 aromatic heterocycles. The van der Waals surface area contributed by atoms with Crippen LogP contribution in [0.1, 0.15) is 6.92 Å². The number of hydrogen-bond acceptors (Lipinski definition) is 4. The van der Waals surface area contributed by atoms with Gasteiger partial charge in [0, 0.05) is 7.05 Å². The molecule has 0 radical (unpaired) electrons. The molecule has 1 aromatic carbocycles. The molecule has 0 bridgehead atoms. The maximum absolute atomic E-state index is 11.5. The molecule has 0 atom stereocenters. The van der Waals surface area contributed by atoms with E-state index in [0.29, 0.717) is 6.61 Å². The Labute approximate surface area is 104 Å². The number of aromatic nitrogens is 2. The second-order valence-corrected chi connectivity index (χ2v) is 3.85. The molecule has 0 aliphatic rings. The van der Waals surface area contributed by atoms with Crippen LogP contribution in [0.2, 0.25) is 0 Å². The Kier molecular flexibility index (Phi) is 3.36. The summed E-state index contributed by atoms with van der Waals surface area (Å²) >= 11 is 0. The van der Waals surface area contributed by atoms with E-state index in [9.17, 15) is 9.59 Å². The van der Waals surface area contributed by atoms with E-state index >= 15 is 0 Å². The van der Waals surface area contributed by atoms with Gasteiger partial charge in [-0.2, -0.15) is 0 Å². The molecule has 0 aliphatic heterocycles. The molecule has 0 spiro atoms. The molecule has 2 rings (SSSR count). The number of nitrogens with zero attached hydrogens (tertiary/aromatic N) is 1. The van der Waals surface area contributed by atoms with Crippen LogP contribution in [0.4, 0.5) is 5.69 Å². The van der Waals surface area contributed by atoms with Crippen molar-refractivity contribution in [2.75, 3.05) is 18.5 Å². The highest BCUT2D eigenvalue weighted by molar-refractivity contribution is 5.90. The van der Waals surface area contributed by atoms with E-state index in [4.69, 9.17) is 4.74 Å². The van der Waals surface area contributed by atoms with Gasteiger partial charge >= 0.3 is 11.7 Å². The normalized spacial score (nSPS) is 10.6. The molecule has 2 N–H and O–H groups in total. The zero-order chi connectivity index (χ0) is 13.1. The number of esters is 1.